The van der Waals surface area contributed by atoms with Gasteiger partial charge in [0.05, 0.1) is 17.2 Å². The zero-order valence-corrected chi connectivity index (χ0v) is 16.9. The van der Waals surface area contributed by atoms with Crippen LogP contribution in [0.3, 0.4) is 0 Å². The van der Waals surface area contributed by atoms with Crippen molar-refractivity contribution in [2.24, 2.45) is 0 Å². The first-order valence-corrected chi connectivity index (χ1v) is 10.2. The molecule has 1 N–H and O–H groups in total. The second-order valence-electron chi connectivity index (χ2n) is 6.72. The summed E-state index contributed by atoms with van der Waals surface area (Å²) in [5, 5.41) is 10.2. The van der Waals surface area contributed by atoms with Crippen LogP contribution in [0, 0.1) is 0 Å². The van der Waals surface area contributed by atoms with E-state index >= 15 is 0 Å². The third-order valence-corrected chi connectivity index (χ3v) is 6.01. The van der Waals surface area contributed by atoms with Crippen LogP contribution in [0.4, 0.5) is 5.69 Å². The Morgan fingerprint density at radius 3 is 2.14 bits per heavy atom. The summed E-state index contributed by atoms with van der Waals surface area (Å²) in [5.41, 5.74) is 4.45. The van der Waals surface area contributed by atoms with E-state index in [-0.39, 0.29) is 12.5 Å². The number of carbonyl (C=O) groups excluding carboxylic acids is 1. The Balaban J connectivity index is 1.89. The van der Waals surface area contributed by atoms with Crippen LogP contribution in [0.2, 0.25) is 0 Å². The quantitative estimate of drug-likeness (QED) is 0.482. The minimum atomic E-state index is -0.122. The van der Waals surface area contributed by atoms with Crippen LogP contribution in [0.15, 0.2) is 101 Å². The molecule has 1 heterocycles. The van der Waals surface area contributed by atoms with Gasteiger partial charge in [-0.1, -0.05) is 84.6 Å². The van der Waals surface area contributed by atoms with Crippen molar-refractivity contribution in [1.82, 2.24) is 0 Å². The molecule has 3 aromatic carbocycles. The van der Waals surface area contributed by atoms with Gasteiger partial charge in [-0.3, -0.25) is 4.79 Å². The molecular weight excluding hydrogens is 378 g/mol. The fourth-order valence-corrected chi connectivity index (χ4v) is 4.51. The number of nitrogens with zero attached hydrogens (tertiary/aromatic N) is 1. The third kappa shape index (κ3) is 3.90. The van der Waals surface area contributed by atoms with Gasteiger partial charge in [0.2, 0.25) is 0 Å². The number of para-hydroxylation sites is 1. The van der Waals surface area contributed by atoms with Crippen molar-refractivity contribution in [3.63, 3.8) is 0 Å². The number of allylic oxidation sites excluding steroid dienone is 2. The predicted octanol–water partition coefficient (Wildman–Crippen LogP) is 5.24. The standard InChI is InChI=1S/C25H21NO2S/c1-26-22-14-8-9-15-23(22)29-24(25(26)28)16-20(18-10-4-2-5-11-18)21(17-27)19-12-6-3-7-13-19/h2-16,27H,17H2,1H3/b21-20-,24-16-. The molecule has 144 valence electrons. The van der Waals surface area contributed by atoms with Crippen LogP contribution >= 0.6 is 11.8 Å². The molecule has 0 radical (unpaired) electrons. The van der Waals surface area contributed by atoms with Crippen molar-refractivity contribution in [2.45, 2.75) is 4.90 Å². The molecule has 0 saturated carbocycles. The van der Waals surface area contributed by atoms with Crippen LogP contribution in [0.25, 0.3) is 11.1 Å². The highest BCUT2D eigenvalue weighted by atomic mass is 32.2. The number of amides is 1. The Kier molecular flexibility index (Phi) is 5.65. The fourth-order valence-electron chi connectivity index (χ4n) is 3.41. The molecule has 0 fully saturated rings. The van der Waals surface area contributed by atoms with Crippen LogP contribution in [-0.4, -0.2) is 24.7 Å². The highest BCUT2D eigenvalue weighted by Gasteiger charge is 2.26. The minimum Gasteiger partial charge on any atom is -0.392 e. The van der Waals surface area contributed by atoms with Crippen molar-refractivity contribution < 1.29 is 9.90 Å². The van der Waals surface area contributed by atoms with Gasteiger partial charge < -0.3 is 10.0 Å². The summed E-state index contributed by atoms with van der Waals surface area (Å²) in [5.74, 6) is -0.0486. The number of thioether (sulfide) groups is 1. The molecule has 0 saturated heterocycles. The molecule has 0 spiro atoms. The molecule has 0 unspecified atom stereocenters. The van der Waals surface area contributed by atoms with Crippen molar-refractivity contribution in [2.75, 3.05) is 18.6 Å². The molecule has 1 aliphatic rings. The number of likely N-dealkylation sites (N-methyl/N-ethyl adjacent to an activating group) is 1. The van der Waals surface area contributed by atoms with Gasteiger partial charge in [0, 0.05) is 11.9 Å². The number of anilines is 1. The molecule has 1 aliphatic heterocycles. The largest absolute Gasteiger partial charge is 0.392 e. The Morgan fingerprint density at radius 1 is 0.897 bits per heavy atom. The third-order valence-electron chi connectivity index (χ3n) is 4.93. The van der Waals surface area contributed by atoms with Crippen molar-refractivity contribution in [3.05, 3.63) is 107 Å². The van der Waals surface area contributed by atoms with E-state index < -0.39 is 0 Å². The van der Waals surface area contributed by atoms with E-state index in [9.17, 15) is 9.90 Å². The normalized spacial score (nSPS) is 15.9. The lowest BCUT2D eigenvalue weighted by Crippen LogP contribution is -2.30. The first kappa shape index (κ1) is 19.2. The van der Waals surface area contributed by atoms with Crippen molar-refractivity contribution >= 4 is 34.5 Å². The predicted molar refractivity (Wildman–Crippen MR) is 121 cm³/mol. The smallest absolute Gasteiger partial charge is 0.264 e. The maximum atomic E-state index is 13.1. The maximum absolute atomic E-state index is 13.1. The lowest BCUT2D eigenvalue weighted by molar-refractivity contribution is -0.114. The summed E-state index contributed by atoms with van der Waals surface area (Å²) in [6.07, 6.45) is 1.91. The molecule has 0 aliphatic carbocycles. The van der Waals surface area contributed by atoms with Crippen molar-refractivity contribution in [3.8, 4) is 0 Å². The molecule has 4 heteroatoms. The average molecular weight is 400 g/mol. The molecule has 3 aromatic rings. The van der Waals surface area contributed by atoms with Gasteiger partial charge in [0.15, 0.2) is 0 Å². The molecular formula is C25H21NO2S. The zero-order valence-electron chi connectivity index (χ0n) is 16.1. The molecule has 1 amide bonds. The van der Waals surface area contributed by atoms with Crippen LogP contribution in [-0.2, 0) is 4.79 Å². The summed E-state index contributed by atoms with van der Waals surface area (Å²) in [6, 6.07) is 27.6. The van der Waals surface area contributed by atoms with Crippen LogP contribution in [0.1, 0.15) is 11.1 Å². The van der Waals surface area contributed by atoms with Crippen molar-refractivity contribution in [1.29, 1.82) is 0 Å². The average Bonchev–Trinajstić information content (AvgIpc) is 2.78. The minimum absolute atomic E-state index is 0.0486. The first-order chi connectivity index (χ1) is 14.2. The number of benzene rings is 3. The topological polar surface area (TPSA) is 40.5 Å². The van der Waals surface area contributed by atoms with Crippen LogP contribution in [0.5, 0.6) is 0 Å². The van der Waals surface area contributed by atoms with Gasteiger partial charge in [-0.05, 0) is 40.5 Å². The number of rotatable bonds is 4. The van der Waals surface area contributed by atoms with E-state index in [2.05, 4.69) is 0 Å². The molecule has 29 heavy (non-hydrogen) atoms. The number of hydrogen-bond donors (Lipinski definition) is 1. The summed E-state index contributed by atoms with van der Waals surface area (Å²) in [7, 11) is 1.80. The molecule has 0 aromatic heterocycles. The summed E-state index contributed by atoms with van der Waals surface area (Å²) in [4.78, 5) is 16.4. The number of aliphatic hydroxyl groups excluding tert-OH is 1. The number of carbonyl (C=O) groups is 1. The van der Waals surface area contributed by atoms with E-state index in [0.717, 1.165) is 32.9 Å². The summed E-state index contributed by atoms with van der Waals surface area (Å²) >= 11 is 1.47. The summed E-state index contributed by atoms with van der Waals surface area (Å²) < 4.78 is 0. The van der Waals surface area contributed by atoms with Gasteiger partial charge in [-0.25, -0.2) is 0 Å². The molecule has 0 bridgehead atoms. The Labute approximate surface area is 175 Å². The number of fused-ring (bicyclic) bond motifs is 1. The summed E-state index contributed by atoms with van der Waals surface area (Å²) in [6.45, 7) is -0.122. The second kappa shape index (κ2) is 8.52. The lowest BCUT2D eigenvalue weighted by Gasteiger charge is -2.27. The van der Waals surface area contributed by atoms with E-state index in [1.807, 2.05) is 91.0 Å². The molecule has 0 atom stereocenters. The Morgan fingerprint density at radius 2 is 1.48 bits per heavy atom. The maximum Gasteiger partial charge on any atom is 0.264 e. The monoisotopic (exact) mass is 399 g/mol. The molecule has 3 nitrogen and oxygen atoms in total. The fraction of sp³-hybridized carbons (Fsp3) is 0.0800. The number of hydrogen-bond acceptors (Lipinski definition) is 3. The molecule has 4 rings (SSSR count). The van der Waals surface area contributed by atoms with E-state index in [1.54, 1.807) is 11.9 Å². The van der Waals surface area contributed by atoms with Crippen LogP contribution < -0.4 is 4.90 Å². The SMILES string of the molecule is CN1C(=O)/C(=C/C(=C(\CO)c2ccccc2)c2ccccc2)Sc2ccccc21. The van der Waals surface area contributed by atoms with Gasteiger partial charge in [-0.15, -0.1) is 0 Å². The second-order valence-corrected chi connectivity index (χ2v) is 7.81. The number of aliphatic hydroxyl groups is 1. The van der Waals surface area contributed by atoms with Gasteiger partial charge in [0.1, 0.15) is 0 Å². The highest BCUT2D eigenvalue weighted by molar-refractivity contribution is 8.04. The lowest BCUT2D eigenvalue weighted by atomic mass is 9.94. The first-order valence-electron chi connectivity index (χ1n) is 9.40. The van der Waals surface area contributed by atoms with Gasteiger partial charge in [0.25, 0.3) is 5.91 Å². The van der Waals surface area contributed by atoms with E-state index in [4.69, 9.17) is 0 Å². The van der Waals surface area contributed by atoms with Gasteiger partial charge in [-0.2, -0.15) is 0 Å². The van der Waals surface area contributed by atoms with E-state index in [0.29, 0.717) is 4.91 Å². The Bertz CT molecular complexity index is 1090. The van der Waals surface area contributed by atoms with E-state index in [1.165, 1.54) is 11.8 Å². The zero-order chi connectivity index (χ0) is 20.2. The Hall–Kier alpha value is -3.08. The van der Waals surface area contributed by atoms with Gasteiger partial charge >= 0.3 is 0 Å². The highest BCUT2D eigenvalue weighted by Crippen LogP contribution is 2.42.